The summed E-state index contributed by atoms with van der Waals surface area (Å²) in [6, 6.07) is 11.2. The molecule has 1 aliphatic heterocycles. The molecule has 24 heavy (non-hydrogen) atoms. The maximum Gasteiger partial charge on any atom is 0.231 e. The number of thiazole rings is 1. The van der Waals surface area contributed by atoms with E-state index >= 15 is 0 Å². The van der Waals surface area contributed by atoms with E-state index in [4.69, 9.17) is 0 Å². The maximum atomic E-state index is 13.2. The molecule has 1 aliphatic rings. The van der Waals surface area contributed by atoms with Crippen molar-refractivity contribution in [3.05, 3.63) is 54.1 Å². The van der Waals surface area contributed by atoms with Crippen molar-refractivity contribution < 1.29 is 13.6 Å². The minimum atomic E-state index is -0.975. The lowest BCUT2D eigenvalue weighted by Crippen LogP contribution is -2.52. The SMILES string of the molecule is O=C(Nc1ccc(F)c(F)c1)C1CN(c2nc3ccccc3s2)C1. The lowest BCUT2D eigenvalue weighted by molar-refractivity contribution is -0.120. The Hall–Kier alpha value is -2.54. The van der Waals surface area contributed by atoms with Gasteiger partial charge in [0, 0.05) is 24.8 Å². The number of carbonyl (C=O) groups excluding carboxylic acids is 1. The van der Waals surface area contributed by atoms with Gasteiger partial charge in [-0.25, -0.2) is 13.8 Å². The molecule has 1 amide bonds. The molecule has 0 aliphatic carbocycles. The van der Waals surface area contributed by atoms with Crippen LogP contribution in [0, 0.1) is 17.6 Å². The van der Waals surface area contributed by atoms with Crippen LogP contribution in [0.4, 0.5) is 19.6 Å². The first-order chi connectivity index (χ1) is 11.6. The fourth-order valence-electron chi connectivity index (χ4n) is 2.61. The molecule has 3 aromatic rings. The molecule has 0 saturated carbocycles. The lowest BCUT2D eigenvalue weighted by Gasteiger charge is -2.37. The van der Waals surface area contributed by atoms with Gasteiger partial charge in [-0.3, -0.25) is 4.79 Å². The molecule has 7 heteroatoms. The van der Waals surface area contributed by atoms with Crippen LogP contribution < -0.4 is 10.2 Å². The normalized spacial score (nSPS) is 14.7. The van der Waals surface area contributed by atoms with Gasteiger partial charge in [-0.1, -0.05) is 23.5 Å². The van der Waals surface area contributed by atoms with Gasteiger partial charge in [-0.05, 0) is 24.3 Å². The van der Waals surface area contributed by atoms with E-state index in [2.05, 4.69) is 10.3 Å². The van der Waals surface area contributed by atoms with Crippen LogP contribution in [0.5, 0.6) is 0 Å². The average molecular weight is 345 g/mol. The molecule has 1 aromatic heterocycles. The van der Waals surface area contributed by atoms with Crippen molar-refractivity contribution in [3.8, 4) is 0 Å². The van der Waals surface area contributed by atoms with E-state index in [0.717, 1.165) is 27.5 Å². The summed E-state index contributed by atoms with van der Waals surface area (Å²) in [5.74, 6) is -2.29. The van der Waals surface area contributed by atoms with Gasteiger partial charge in [-0.2, -0.15) is 0 Å². The van der Waals surface area contributed by atoms with E-state index in [1.807, 2.05) is 29.2 Å². The molecule has 0 unspecified atom stereocenters. The van der Waals surface area contributed by atoms with Gasteiger partial charge in [-0.15, -0.1) is 0 Å². The number of anilines is 2. The number of aromatic nitrogens is 1. The highest BCUT2D eigenvalue weighted by Crippen LogP contribution is 2.33. The molecule has 122 valence electrons. The van der Waals surface area contributed by atoms with Crippen molar-refractivity contribution in [2.45, 2.75) is 0 Å². The van der Waals surface area contributed by atoms with Crippen LogP contribution >= 0.6 is 11.3 Å². The van der Waals surface area contributed by atoms with Crippen LogP contribution in [0.3, 0.4) is 0 Å². The predicted molar refractivity (Wildman–Crippen MR) is 90.3 cm³/mol. The number of benzene rings is 2. The van der Waals surface area contributed by atoms with E-state index in [9.17, 15) is 13.6 Å². The monoisotopic (exact) mass is 345 g/mol. The number of rotatable bonds is 3. The van der Waals surface area contributed by atoms with Gasteiger partial charge >= 0.3 is 0 Å². The topological polar surface area (TPSA) is 45.2 Å². The molecule has 4 nitrogen and oxygen atoms in total. The summed E-state index contributed by atoms with van der Waals surface area (Å²) < 4.78 is 27.2. The molecule has 1 N–H and O–H groups in total. The number of carbonyl (C=O) groups is 1. The zero-order chi connectivity index (χ0) is 16.7. The highest BCUT2D eigenvalue weighted by Gasteiger charge is 2.34. The third kappa shape index (κ3) is 2.71. The largest absolute Gasteiger partial charge is 0.346 e. The van der Waals surface area contributed by atoms with E-state index in [-0.39, 0.29) is 17.5 Å². The Bertz CT molecular complexity index is 888. The Labute approximate surface area is 140 Å². The molecule has 0 radical (unpaired) electrons. The number of fused-ring (bicyclic) bond motifs is 1. The molecule has 0 bridgehead atoms. The quantitative estimate of drug-likeness (QED) is 0.788. The van der Waals surface area contributed by atoms with Crippen LogP contribution in [-0.4, -0.2) is 24.0 Å². The Kier molecular flexibility index (Phi) is 3.65. The van der Waals surface area contributed by atoms with Crippen LogP contribution in [-0.2, 0) is 4.79 Å². The first-order valence-electron chi connectivity index (χ1n) is 7.46. The third-order valence-electron chi connectivity index (χ3n) is 3.99. The molecule has 2 heterocycles. The minimum absolute atomic E-state index is 0.190. The van der Waals surface area contributed by atoms with E-state index in [1.165, 1.54) is 6.07 Å². The van der Waals surface area contributed by atoms with Gasteiger partial charge in [0.05, 0.1) is 16.1 Å². The molecule has 1 fully saturated rings. The molecule has 4 rings (SSSR count). The fraction of sp³-hybridized carbons (Fsp3) is 0.176. The van der Waals surface area contributed by atoms with Gasteiger partial charge < -0.3 is 10.2 Å². The fourth-order valence-corrected chi connectivity index (χ4v) is 3.60. The van der Waals surface area contributed by atoms with Crippen LogP contribution in [0.25, 0.3) is 10.2 Å². The zero-order valence-corrected chi connectivity index (χ0v) is 13.3. The second-order valence-corrected chi connectivity index (χ2v) is 6.69. The van der Waals surface area contributed by atoms with Gasteiger partial charge in [0.15, 0.2) is 16.8 Å². The summed E-state index contributed by atoms with van der Waals surface area (Å²) >= 11 is 1.59. The molecule has 0 spiro atoms. The summed E-state index contributed by atoms with van der Waals surface area (Å²) in [5, 5.41) is 3.52. The highest BCUT2D eigenvalue weighted by atomic mass is 32.1. The average Bonchev–Trinajstić information content (AvgIpc) is 2.93. The van der Waals surface area contributed by atoms with Crippen molar-refractivity contribution in [1.82, 2.24) is 4.98 Å². The number of hydrogen-bond acceptors (Lipinski definition) is 4. The second-order valence-electron chi connectivity index (χ2n) is 5.68. The summed E-state index contributed by atoms with van der Waals surface area (Å²) in [7, 11) is 0. The standard InChI is InChI=1S/C17H13F2N3OS/c18-12-6-5-11(7-13(12)19)20-16(23)10-8-22(9-10)17-21-14-3-1-2-4-15(14)24-17/h1-7,10H,8-9H2,(H,20,23). The highest BCUT2D eigenvalue weighted by molar-refractivity contribution is 7.22. The smallest absolute Gasteiger partial charge is 0.231 e. The third-order valence-corrected chi connectivity index (χ3v) is 5.09. The van der Waals surface area contributed by atoms with Gasteiger partial charge in [0.1, 0.15) is 0 Å². The van der Waals surface area contributed by atoms with Crippen molar-refractivity contribution in [2.75, 3.05) is 23.3 Å². The van der Waals surface area contributed by atoms with Crippen molar-refractivity contribution in [2.24, 2.45) is 5.92 Å². The minimum Gasteiger partial charge on any atom is -0.346 e. The van der Waals surface area contributed by atoms with Gasteiger partial charge in [0.2, 0.25) is 5.91 Å². The zero-order valence-electron chi connectivity index (χ0n) is 12.5. The predicted octanol–water partition coefficient (Wildman–Crippen LogP) is 3.65. The Morgan fingerprint density at radius 2 is 1.96 bits per heavy atom. The van der Waals surface area contributed by atoms with Crippen molar-refractivity contribution >= 4 is 38.3 Å². The lowest BCUT2D eigenvalue weighted by atomic mass is 10.00. The summed E-state index contributed by atoms with van der Waals surface area (Å²) in [4.78, 5) is 18.8. The number of para-hydroxylation sites is 1. The van der Waals surface area contributed by atoms with Crippen LogP contribution in [0.15, 0.2) is 42.5 Å². The Morgan fingerprint density at radius 3 is 2.71 bits per heavy atom. The van der Waals surface area contributed by atoms with Crippen LogP contribution in [0.1, 0.15) is 0 Å². The van der Waals surface area contributed by atoms with Gasteiger partial charge in [0.25, 0.3) is 0 Å². The number of nitrogens with zero attached hydrogens (tertiary/aromatic N) is 2. The maximum absolute atomic E-state index is 13.2. The molecule has 2 aromatic carbocycles. The van der Waals surface area contributed by atoms with Crippen molar-refractivity contribution in [1.29, 1.82) is 0 Å². The molecular weight excluding hydrogens is 332 g/mol. The number of halogens is 2. The summed E-state index contributed by atoms with van der Waals surface area (Å²) in [5.41, 5.74) is 1.21. The summed E-state index contributed by atoms with van der Waals surface area (Å²) in [6.07, 6.45) is 0. The Balaban J connectivity index is 1.39. The number of hydrogen-bond donors (Lipinski definition) is 1. The second kappa shape index (κ2) is 5.83. The first kappa shape index (κ1) is 15.0. The molecule has 1 saturated heterocycles. The van der Waals surface area contributed by atoms with Crippen LogP contribution in [0.2, 0.25) is 0 Å². The molecular formula is C17H13F2N3OS. The van der Waals surface area contributed by atoms with E-state index < -0.39 is 11.6 Å². The number of nitrogens with one attached hydrogen (secondary N) is 1. The first-order valence-corrected chi connectivity index (χ1v) is 8.28. The Morgan fingerprint density at radius 1 is 1.17 bits per heavy atom. The van der Waals surface area contributed by atoms with E-state index in [0.29, 0.717) is 13.1 Å². The number of amides is 1. The van der Waals surface area contributed by atoms with Crippen molar-refractivity contribution in [3.63, 3.8) is 0 Å². The summed E-state index contributed by atoms with van der Waals surface area (Å²) in [6.45, 7) is 1.13. The van der Waals surface area contributed by atoms with E-state index in [1.54, 1.807) is 11.3 Å². The molecule has 0 atom stereocenters.